The fourth-order valence-corrected chi connectivity index (χ4v) is 7.27. The number of ether oxygens (including phenoxy) is 3. The number of rotatable bonds is 46. The van der Waals surface area contributed by atoms with Crippen LogP contribution in [0.5, 0.6) is 0 Å². The van der Waals surface area contributed by atoms with Crippen LogP contribution < -0.4 is 0 Å². The molecule has 0 bridgehead atoms. The second kappa shape index (κ2) is 47.0. The third-order valence-electron chi connectivity index (χ3n) is 11.3. The third kappa shape index (κ3) is 45.5. The van der Waals surface area contributed by atoms with E-state index in [9.17, 15) is 19.5 Å². The van der Waals surface area contributed by atoms with Gasteiger partial charge in [0.15, 0.2) is 12.1 Å². The number of carbonyl (C=O) groups is 3. The summed E-state index contributed by atoms with van der Waals surface area (Å²) in [4.78, 5) is 37.2. The van der Waals surface area contributed by atoms with Crippen LogP contribution in [0.15, 0.2) is 85.1 Å². The predicted octanol–water partition coefficient (Wildman–Crippen LogP) is 15.3. The molecular weight excluding hydrogens is 811 g/mol. The number of esters is 2. The summed E-state index contributed by atoms with van der Waals surface area (Å²) in [6.07, 6.45) is 62.0. The number of hydrogen-bond acceptors (Lipinski definition) is 6. The molecule has 8 nitrogen and oxygen atoms in total. The molecule has 8 heteroatoms. The number of carboxylic acid groups (broad SMARTS) is 1. The highest BCUT2D eigenvalue weighted by molar-refractivity contribution is 5.72. The average Bonchev–Trinajstić information content (AvgIpc) is 3.27. The monoisotopic (exact) mass is 909 g/mol. The molecule has 0 heterocycles. The van der Waals surface area contributed by atoms with Crippen molar-refractivity contribution >= 4 is 17.9 Å². The lowest BCUT2D eigenvalue weighted by Crippen LogP contribution is -2.50. The highest BCUT2D eigenvalue weighted by Crippen LogP contribution is 2.14. The van der Waals surface area contributed by atoms with Crippen LogP contribution >= 0.6 is 0 Å². The van der Waals surface area contributed by atoms with E-state index in [1.54, 1.807) is 0 Å². The Bertz CT molecular complexity index is 1330. The van der Waals surface area contributed by atoms with Crippen LogP contribution in [0.25, 0.3) is 0 Å². The van der Waals surface area contributed by atoms with Crippen LogP contribution in [0.4, 0.5) is 0 Å². The van der Waals surface area contributed by atoms with Gasteiger partial charge in [0.1, 0.15) is 6.61 Å². The molecule has 0 amide bonds. The van der Waals surface area contributed by atoms with Crippen molar-refractivity contribution in [2.75, 3.05) is 41.0 Å². The van der Waals surface area contributed by atoms with Gasteiger partial charge in [0.05, 0.1) is 34.4 Å². The molecule has 0 aliphatic rings. The Morgan fingerprint density at radius 1 is 0.477 bits per heavy atom. The van der Waals surface area contributed by atoms with Gasteiger partial charge < -0.3 is 23.8 Å². The molecule has 0 aliphatic carbocycles. The minimum absolute atomic E-state index is 0.0454. The molecule has 0 radical (unpaired) electrons. The number of nitrogens with zero attached hydrogens (tertiary/aromatic N) is 1. The van der Waals surface area contributed by atoms with E-state index in [-0.39, 0.29) is 36.2 Å². The van der Waals surface area contributed by atoms with E-state index in [1.807, 2.05) is 21.1 Å². The summed E-state index contributed by atoms with van der Waals surface area (Å²) in [6.45, 7) is 4.59. The standard InChI is InChI=1S/C57H97NO7/c1-6-8-10-12-14-16-18-20-22-24-26-27-28-29-30-32-33-35-37-39-41-43-45-47-55(59)64-52-53(51-63-50-49-54(57(61)62)58(3,4)5)65-56(60)48-46-44-42-40-38-36-34-31-25-23-21-19-17-15-13-11-9-7-2/h8,10,14,16,20,22,26-27,29-31,33-35,53-54H,6-7,9,11-13,15,17-19,21,23-25,28,32,36-52H2,1-5H3/p+1/b10-8+,16-14+,22-20+,27-26+,30-29+,34-31+,35-33+. The Morgan fingerprint density at radius 3 is 1.29 bits per heavy atom. The Kier molecular flexibility index (Phi) is 44.5. The van der Waals surface area contributed by atoms with Gasteiger partial charge in [0, 0.05) is 19.3 Å². The molecule has 0 aromatic heterocycles. The SMILES string of the molecule is CC/C=C/C/C=C/C/C=C/C/C=C/C/C=C/C/C=C/CCCCCCC(=O)OCC(COCCC(C(=O)O)[N+](C)(C)C)OC(=O)CCCCCCC/C=C/CCCCCCCCCCC. The Morgan fingerprint density at radius 2 is 0.862 bits per heavy atom. The molecule has 372 valence electrons. The van der Waals surface area contributed by atoms with Crippen LogP contribution in [0.3, 0.4) is 0 Å². The molecule has 0 rings (SSSR count). The normalized spacial score (nSPS) is 13.6. The largest absolute Gasteiger partial charge is 0.477 e. The van der Waals surface area contributed by atoms with Crippen molar-refractivity contribution in [3.8, 4) is 0 Å². The maximum absolute atomic E-state index is 12.8. The van der Waals surface area contributed by atoms with E-state index in [2.05, 4.69) is 98.9 Å². The summed E-state index contributed by atoms with van der Waals surface area (Å²) in [7, 11) is 5.52. The van der Waals surface area contributed by atoms with E-state index in [1.165, 1.54) is 70.6 Å². The van der Waals surface area contributed by atoms with Crippen LogP contribution in [-0.2, 0) is 28.6 Å². The first-order valence-electron chi connectivity index (χ1n) is 26.1. The second-order valence-corrected chi connectivity index (χ2v) is 18.4. The van der Waals surface area contributed by atoms with Crippen LogP contribution in [0.2, 0.25) is 0 Å². The summed E-state index contributed by atoms with van der Waals surface area (Å²) in [5.74, 6) is -1.51. The van der Waals surface area contributed by atoms with E-state index >= 15 is 0 Å². The van der Waals surface area contributed by atoms with Gasteiger partial charge in [-0.25, -0.2) is 4.79 Å². The predicted molar refractivity (Wildman–Crippen MR) is 275 cm³/mol. The number of carbonyl (C=O) groups excluding carboxylic acids is 2. The Balaban J connectivity index is 4.32. The van der Waals surface area contributed by atoms with E-state index in [0.717, 1.165) is 103 Å². The highest BCUT2D eigenvalue weighted by Gasteiger charge is 2.31. The molecule has 0 aromatic carbocycles. The molecule has 2 unspecified atom stereocenters. The Hall–Kier alpha value is -3.49. The number of hydrogen-bond donors (Lipinski definition) is 1. The van der Waals surface area contributed by atoms with Crippen molar-refractivity contribution in [2.24, 2.45) is 0 Å². The molecule has 65 heavy (non-hydrogen) atoms. The molecular formula is C57H98NO7+. The lowest BCUT2D eigenvalue weighted by atomic mass is 10.1. The fraction of sp³-hybridized carbons (Fsp3) is 0.702. The molecule has 0 spiro atoms. The second-order valence-electron chi connectivity index (χ2n) is 18.4. The van der Waals surface area contributed by atoms with Crippen LogP contribution in [0.1, 0.15) is 206 Å². The first-order valence-corrected chi connectivity index (χ1v) is 26.1. The zero-order valence-electron chi connectivity index (χ0n) is 42.4. The van der Waals surface area contributed by atoms with Crippen molar-refractivity contribution in [3.05, 3.63) is 85.1 Å². The molecule has 0 aromatic rings. The molecule has 2 atom stereocenters. The number of quaternary nitrogens is 1. The first-order chi connectivity index (χ1) is 31.6. The highest BCUT2D eigenvalue weighted by atomic mass is 16.6. The number of aliphatic carboxylic acids is 1. The van der Waals surface area contributed by atoms with Crippen molar-refractivity contribution < 1.29 is 38.2 Å². The summed E-state index contributed by atoms with van der Waals surface area (Å²) < 4.78 is 17.3. The minimum Gasteiger partial charge on any atom is -0.477 e. The van der Waals surface area contributed by atoms with Gasteiger partial charge in [-0.05, 0) is 89.9 Å². The quantitative estimate of drug-likeness (QED) is 0.0281. The molecule has 0 aliphatic heterocycles. The maximum atomic E-state index is 12.8. The Labute approximate surface area is 399 Å². The molecule has 1 N–H and O–H groups in total. The summed E-state index contributed by atoms with van der Waals surface area (Å²) in [6, 6.07) is -0.625. The number of likely N-dealkylation sites (N-methyl/N-ethyl adjacent to an activating group) is 1. The number of allylic oxidation sites excluding steroid dienone is 14. The summed E-state index contributed by atoms with van der Waals surface area (Å²) >= 11 is 0. The lowest BCUT2D eigenvalue weighted by Gasteiger charge is -2.31. The van der Waals surface area contributed by atoms with Crippen LogP contribution in [-0.4, -0.2) is 80.6 Å². The van der Waals surface area contributed by atoms with E-state index in [4.69, 9.17) is 14.2 Å². The molecule has 0 saturated carbocycles. The molecule has 0 fully saturated rings. The lowest BCUT2D eigenvalue weighted by molar-refractivity contribution is -0.887. The fourth-order valence-electron chi connectivity index (χ4n) is 7.27. The third-order valence-corrected chi connectivity index (χ3v) is 11.3. The van der Waals surface area contributed by atoms with Gasteiger partial charge in [-0.15, -0.1) is 0 Å². The summed E-state index contributed by atoms with van der Waals surface area (Å²) in [5.41, 5.74) is 0. The van der Waals surface area contributed by atoms with Gasteiger partial charge >= 0.3 is 17.9 Å². The zero-order valence-corrected chi connectivity index (χ0v) is 42.4. The zero-order chi connectivity index (χ0) is 47.7. The topological polar surface area (TPSA) is 99.1 Å². The van der Waals surface area contributed by atoms with Gasteiger partial charge in [-0.3, -0.25) is 9.59 Å². The van der Waals surface area contributed by atoms with Gasteiger partial charge in [-0.1, -0.05) is 182 Å². The van der Waals surface area contributed by atoms with Gasteiger partial charge in [0.25, 0.3) is 0 Å². The average molecular weight is 909 g/mol. The molecule has 0 saturated heterocycles. The number of carboxylic acids is 1. The maximum Gasteiger partial charge on any atom is 0.362 e. The van der Waals surface area contributed by atoms with E-state index < -0.39 is 18.1 Å². The smallest absolute Gasteiger partial charge is 0.362 e. The van der Waals surface area contributed by atoms with E-state index in [0.29, 0.717) is 19.3 Å². The van der Waals surface area contributed by atoms with Gasteiger partial charge in [-0.2, -0.15) is 0 Å². The number of unbranched alkanes of at least 4 members (excludes halogenated alkanes) is 18. The van der Waals surface area contributed by atoms with Crippen molar-refractivity contribution in [3.63, 3.8) is 0 Å². The van der Waals surface area contributed by atoms with Crippen molar-refractivity contribution in [1.82, 2.24) is 0 Å². The minimum atomic E-state index is -0.882. The van der Waals surface area contributed by atoms with Crippen molar-refractivity contribution in [1.29, 1.82) is 0 Å². The van der Waals surface area contributed by atoms with Crippen molar-refractivity contribution in [2.45, 2.75) is 219 Å². The van der Waals surface area contributed by atoms with Crippen LogP contribution in [0, 0.1) is 0 Å². The first kappa shape index (κ1) is 61.5. The van der Waals surface area contributed by atoms with Gasteiger partial charge in [0.2, 0.25) is 0 Å². The summed E-state index contributed by atoms with van der Waals surface area (Å²) in [5, 5.41) is 9.66.